The van der Waals surface area contributed by atoms with Crippen molar-refractivity contribution in [1.82, 2.24) is 16.0 Å². The molecule has 0 aliphatic rings. The largest absolute Gasteiger partial charge is 0.481 e. The zero-order chi connectivity index (χ0) is 21.9. The van der Waals surface area contributed by atoms with Gasteiger partial charge in [0.1, 0.15) is 12.1 Å². The third-order valence-corrected chi connectivity index (χ3v) is 3.95. The second-order valence-corrected chi connectivity index (χ2v) is 6.95. The summed E-state index contributed by atoms with van der Waals surface area (Å²) >= 11 is 3.82. The van der Waals surface area contributed by atoms with Gasteiger partial charge in [0.2, 0.25) is 17.7 Å². The van der Waals surface area contributed by atoms with E-state index in [0.717, 1.165) is 0 Å². The molecule has 0 aliphatic heterocycles. The molecule has 0 aromatic rings. The van der Waals surface area contributed by atoms with Crippen molar-refractivity contribution >= 4 is 42.3 Å². The summed E-state index contributed by atoms with van der Waals surface area (Å²) < 4.78 is 0. The predicted molar refractivity (Wildman–Crippen MR) is 103 cm³/mol. The van der Waals surface area contributed by atoms with Gasteiger partial charge in [0, 0.05) is 12.2 Å². The highest BCUT2D eigenvalue weighted by molar-refractivity contribution is 7.80. The van der Waals surface area contributed by atoms with E-state index >= 15 is 0 Å². The molecule has 0 saturated heterocycles. The summed E-state index contributed by atoms with van der Waals surface area (Å²) in [5.74, 6) is -4.47. The molecule has 3 amide bonds. The standard InChI is InChI=1S/C16H28N4O7S/c1-8(2)5-10(20-14(24)9(17)3-4-13(22)23)15(25)18-6-12(21)19-11(7-28)16(26)27/h8-11,28H,3-7,17H2,1-2H3,(H,18,25)(H,19,21)(H,20,24)(H,22,23)(H,26,27). The number of rotatable bonds is 13. The zero-order valence-corrected chi connectivity index (χ0v) is 16.7. The molecule has 0 saturated carbocycles. The average Bonchev–Trinajstić information content (AvgIpc) is 2.60. The monoisotopic (exact) mass is 420 g/mol. The van der Waals surface area contributed by atoms with Crippen molar-refractivity contribution in [3.05, 3.63) is 0 Å². The quantitative estimate of drug-likeness (QED) is 0.172. The van der Waals surface area contributed by atoms with Crippen molar-refractivity contribution in [2.24, 2.45) is 11.7 Å². The van der Waals surface area contributed by atoms with E-state index in [0.29, 0.717) is 0 Å². The number of nitrogens with one attached hydrogen (secondary N) is 3. The minimum Gasteiger partial charge on any atom is -0.481 e. The fraction of sp³-hybridized carbons (Fsp3) is 0.688. The highest BCUT2D eigenvalue weighted by atomic mass is 32.1. The fourth-order valence-corrected chi connectivity index (χ4v) is 2.36. The van der Waals surface area contributed by atoms with E-state index in [4.69, 9.17) is 15.9 Å². The number of carbonyl (C=O) groups is 5. The van der Waals surface area contributed by atoms with Gasteiger partial charge in [0.05, 0.1) is 12.6 Å². The molecule has 3 atom stereocenters. The Kier molecular flexibility index (Phi) is 11.9. The van der Waals surface area contributed by atoms with Gasteiger partial charge in [-0.15, -0.1) is 0 Å². The van der Waals surface area contributed by atoms with Crippen molar-refractivity contribution in [1.29, 1.82) is 0 Å². The van der Waals surface area contributed by atoms with Gasteiger partial charge in [-0.25, -0.2) is 4.79 Å². The number of carboxylic acids is 2. The van der Waals surface area contributed by atoms with Crippen LogP contribution in [-0.4, -0.2) is 70.3 Å². The normalized spacial score (nSPS) is 13.9. The number of carboxylic acid groups (broad SMARTS) is 2. The van der Waals surface area contributed by atoms with Crippen LogP contribution >= 0.6 is 12.6 Å². The second kappa shape index (κ2) is 12.9. The average molecular weight is 420 g/mol. The molecule has 0 aromatic heterocycles. The van der Waals surface area contributed by atoms with Crippen LogP contribution in [0, 0.1) is 5.92 Å². The molecule has 7 N–H and O–H groups in total. The van der Waals surface area contributed by atoms with E-state index in [9.17, 15) is 24.0 Å². The Morgan fingerprint density at radius 2 is 1.61 bits per heavy atom. The number of thiol groups is 1. The minimum atomic E-state index is -1.25. The Labute approximate surface area is 168 Å². The van der Waals surface area contributed by atoms with Crippen molar-refractivity contribution in [2.45, 2.75) is 51.2 Å². The van der Waals surface area contributed by atoms with Crippen LogP contribution in [0.4, 0.5) is 0 Å². The molecule has 0 rings (SSSR count). The van der Waals surface area contributed by atoms with Gasteiger partial charge in [-0.3, -0.25) is 19.2 Å². The van der Waals surface area contributed by atoms with Crippen molar-refractivity contribution in [2.75, 3.05) is 12.3 Å². The van der Waals surface area contributed by atoms with Gasteiger partial charge in [-0.05, 0) is 18.8 Å². The Morgan fingerprint density at radius 3 is 2.07 bits per heavy atom. The SMILES string of the molecule is CC(C)CC(NC(=O)C(N)CCC(=O)O)C(=O)NCC(=O)NC(CS)C(=O)O. The summed E-state index contributed by atoms with van der Waals surface area (Å²) in [5.41, 5.74) is 5.63. The van der Waals surface area contributed by atoms with Crippen molar-refractivity contribution < 1.29 is 34.2 Å². The third kappa shape index (κ3) is 10.7. The van der Waals surface area contributed by atoms with Crippen LogP contribution in [0.5, 0.6) is 0 Å². The van der Waals surface area contributed by atoms with Crippen LogP contribution in [0.15, 0.2) is 0 Å². The number of carbonyl (C=O) groups excluding carboxylic acids is 3. The smallest absolute Gasteiger partial charge is 0.327 e. The maximum absolute atomic E-state index is 12.3. The van der Waals surface area contributed by atoms with Gasteiger partial charge in [-0.2, -0.15) is 12.6 Å². The Balaban J connectivity index is 4.76. The molecule has 11 nitrogen and oxygen atoms in total. The lowest BCUT2D eigenvalue weighted by molar-refractivity contribution is -0.141. The van der Waals surface area contributed by atoms with Crippen LogP contribution in [-0.2, 0) is 24.0 Å². The third-order valence-electron chi connectivity index (χ3n) is 3.59. The van der Waals surface area contributed by atoms with E-state index in [2.05, 4.69) is 28.6 Å². The van der Waals surface area contributed by atoms with E-state index in [1.54, 1.807) is 0 Å². The van der Waals surface area contributed by atoms with E-state index < -0.39 is 54.3 Å². The van der Waals surface area contributed by atoms with Gasteiger partial charge in [-0.1, -0.05) is 13.8 Å². The van der Waals surface area contributed by atoms with E-state index in [1.807, 2.05) is 13.8 Å². The molecule has 3 unspecified atom stereocenters. The molecule has 0 heterocycles. The maximum atomic E-state index is 12.3. The van der Waals surface area contributed by atoms with Gasteiger partial charge in [0.15, 0.2) is 0 Å². The molecule has 0 bridgehead atoms. The molecule has 0 spiro atoms. The molecular weight excluding hydrogens is 392 g/mol. The maximum Gasteiger partial charge on any atom is 0.327 e. The van der Waals surface area contributed by atoms with Crippen LogP contribution in [0.25, 0.3) is 0 Å². The van der Waals surface area contributed by atoms with Gasteiger partial charge >= 0.3 is 11.9 Å². The molecule has 12 heteroatoms. The molecule has 160 valence electrons. The Hall–Kier alpha value is -2.34. The molecular formula is C16H28N4O7S. The van der Waals surface area contributed by atoms with Crippen molar-refractivity contribution in [3.63, 3.8) is 0 Å². The van der Waals surface area contributed by atoms with Crippen LogP contribution in [0.1, 0.15) is 33.1 Å². The molecule has 0 aliphatic carbocycles. The summed E-state index contributed by atoms with van der Waals surface area (Å²) in [7, 11) is 0. The number of hydrogen-bond acceptors (Lipinski definition) is 7. The molecule has 0 aromatic carbocycles. The first-order chi connectivity index (χ1) is 13.0. The van der Waals surface area contributed by atoms with Crippen LogP contribution < -0.4 is 21.7 Å². The summed E-state index contributed by atoms with van der Waals surface area (Å²) in [5, 5.41) is 24.5. The highest BCUT2D eigenvalue weighted by Crippen LogP contribution is 2.06. The first kappa shape index (κ1) is 25.7. The lowest BCUT2D eigenvalue weighted by atomic mass is 10.0. The van der Waals surface area contributed by atoms with Crippen LogP contribution in [0.3, 0.4) is 0 Å². The second-order valence-electron chi connectivity index (χ2n) is 6.59. The summed E-state index contributed by atoms with van der Waals surface area (Å²) in [6.07, 6.45) is -0.106. The molecule has 0 radical (unpaired) electrons. The molecule has 0 fully saturated rings. The lowest BCUT2D eigenvalue weighted by Crippen LogP contribution is -2.54. The molecule has 28 heavy (non-hydrogen) atoms. The first-order valence-electron chi connectivity index (χ1n) is 8.66. The summed E-state index contributed by atoms with van der Waals surface area (Å²) in [6.45, 7) is 3.17. The topological polar surface area (TPSA) is 188 Å². The highest BCUT2D eigenvalue weighted by Gasteiger charge is 2.26. The summed E-state index contributed by atoms with van der Waals surface area (Å²) in [6, 6.07) is -3.25. The predicted octanol–water partition coefficient (Wildman–Crippen LogP) is -1.68. The summed E-state index contributed by atoms with van der Waals surface area (Å²) in [4.78, 5) is 57.6. The number of hydrogen-bond donors (Lipinski definition) is 7. The van der Waals surface area contributed by atoms with Crippen molar-refractivity contribution in [3.8, 4) is 0 Å². The van der Waals surface area contributed by atoms with Crippen LogP contribution in [0.2, 0.25) is 0 Å². The number of nitrogens with two attached hydrogens (primary N) is 1. The minimum absolute atomic E-state index is 0.0284. The fourth-order valence-electron chi connectivity index (χ4n) is 2.11. The van der Waals surface area contributed by atoms with Gasteiger partial charge in [0.25, 0.3) is 0 Å². The first-order valence-corrected chi connectivity index (χ1v) is 9.29. The Morgan fingerprint density at radius 1 is 1.00 bits per heavy atom. The van der Waals surface area contributed by atoms with E-state index in [1.165, 1.54) is 0 Å². The van der Waals surface area contributed by atoms with E-state index in [-0.39, 0.29) is 30.9 Å². The lowest BCUT2D eigenvalue weighted by Gasteiger charge is -2.22. The number of amides is 3. The van der Waals surface area contributed by atoms with Gasteiger partial charge < -0.3 is 31.9 Å². The zero-order valence-electron chi connectivity index (χ0n) is 15.8. The Bertz CT molecular complexity index is 585. The number of aliphatic carboxylic acids is 2.